The van der Waals surface area contributed by atoms with Gasteiger partial charge in [0.25, 0.3) is 0 Å². The van der Waals surface area contributed by atoms with Crippen molar-refractivity contribution in [1.82, 2.24) is 0 Å². The molecule has 0 aromatic rings. The molecule has 0 spiro atoms. The summed E-state index contributed by atoms with van der Waals surface area (Å²) in [6.07, 6.45) is -2.41. The van der Waals surface area contributed by atoms with E-state index < -0.39 is 48.4 Å². The van der Waals surface area contributed by atoms with Crippen molar-refractivity contribution in [3.63, 3.8) is 0 Å². The molecule has 1 atom stereocenters. The Morgan fingerprint density at radius 1 is 1.10 bits per heavy atom. The molecule has 0 radical (unpaired) electrons. The molecule has 0 aliphatic heterocycles. The van der Waals surface area contributed by atoms with Crippen molar-refractivity contribution in [2.24, 2.45) is 5.73 Å². The summed E-state index contributed by atoms with van der Waals surface area (Å²) in [6, 6.07) is -0.816. The van der Waals surface area contributed by atoms with Gasteiger partial charge < -0.3 is 36.1 Å². The fourth-order valence-electron chi connectivity index (χ4n) is 0.785. The topological polar surface area (TPSA) is 198 Å². The number of rotatable bonds is 7. The van der Waals surface area contributed by atoms with Gasteiger partial charge in [0.1, 0.15) is 11.6 Å². The van der Waals surface area contributed by atoms with Crippen molar-refractivity contribution in [3.05, 3.63) is 0 Å². The molecule has 0 aromatic heterocycles. The average Bonchev–Trinajstić information content (AvgIpc) is 2.26. The average molecular weight is 335 g/mol. The van der Waals surface area contributed by atoms with Gasteiger partial charge in [-0.05, 0) is 0 Å². The predicted molar refractivity (Wildman–Crippen MR) is 63.9 cm³/mol. The van der Waals surface area contributed by atoms with Crippen LogP contribution in [0.2, 0.25) is 0 Å². The largest absolute Gasteiger partial charge is 1.00 e. The molecule has 0 fully saturated rings. The summed E-state index contributed by atoms with van der Waals surface area (Å²) in [5.74, 6) is -6.16. The zero-order chi connectivity index (χ0) is 16.5. The molecule has 0 rings (SSSR count). The first kappa shape index (κ1) is 25.1. The number of hydrogen-bond donors (Lipinski definition) is 6. The van der Waals surface area contributed by atoms with Crippen LogP contribution in [0.15, 0.2) is 0 Å². The Morgan fingerprint density at radius 2 is 1.43 bits per heavy atom. The number of aliphatic carboxylic acids is 4. The fourth-order valence-corrected chi connectivity index (χ4v) is 0.941. The summed E-state index contributed by atoms with van der Waals surface area (Å²) >= 11 is 3.65. The number of aliphatic hydroxyl groups is 1. The summed E-state index contributed by atoms with van der Waals surface area (Å²) in [5.41, 5.74) is 2.09. The van der Waals surface area contributed by atoms with Crippen LogP contribution in [0.4, 0.5) is 0 Å². The monoisotopic (exact) mass is 335 g/mol. The van der Waals surface area contributed by atoms with E-state index in [9.17, 15) is 24.3 Å². The smallest absolute Gasteiger partial charge is 0.547 e. The van der Waals surface area contributed by atoms with E-state index in [2.05, 4.69) is 12.6 Å². The van der Waals surface area contributed by atoms with Gasteiger partial charge in [-0.15, -0.1) is 0 Å². The van der Waals surface area contributed by atoms with Gasteiger partial charge in [-0.1, -0.05) is 0 Å². The van der Waals surface area contributed by atoms with Crippen molar-refractivity contribution in [3.8, 4) is 0 Å². The molecular weight excluding hydrogens is 321 g/mol. The number of carboxylic acid groups (broad SMARTS) is 4. The predicted octanol–water partition coefficient (Wildman–Crippen LogP) is -6.25. The van der Waals surface area contributed by atoms with Crippen LogP contribution in [-0.4, -0.2) is 61.7 Å². The van der Waals surface area contributed by atoms with Gasteiger partial charge in [0.2, 0.25) is 0 Å². The van der Waals surface area contributed by atoms with Crippen LogP contribution in [-0.2, 0) is 19.2 Å². The molecule has 0 amide bonds. The molecule has 0 saturated carbocycles. The van der Waals surface area contributed by atoms with Crippen LogP contribution in [0.3, 0.4) is 0 Å². The van der Waals surface area contributed by atoms with Gasteiger partial charge in [0.05, 0.1) is 18.8 Å². The summed E-state index contributed by atoms with van der Waals surface area (Å²) in [6.45, 7) is 0. The Bertz CT molecular complexity index is 373. The Hall–Kier alpha value is -0.850. The minimum Gasteiger partial charge on any atom is -0.547 e. The van der Waals surface area contributed by atoms with Crippen molar-refractivity contribution >= 4 is 36.5 Å². The van der Waals surface area contributed by atoms with Crippen LogP contribution < -0.4 is 40.4 Å². The van der Waals surface area contributed by atoms with Crippen molar-refractivity contribution in [1.29, 1.82) is 0 Å². The van der Waals surface area contributed by atoms with Gasteiger partial charge in [-0.2, -0.15) is 12.6 Å². The molecule has 0 saturated heterocycles. The molecule has 12 heteroatoms. The quantitative estimate of drug-likeness (QED) is 0.192. The van der Waals surface area contributed by atoms with Crippen molar-refractivity contribution < 1.29 is 74.3 Å². The van der Waals surface area contributed by atoms with Crippen LogP contribution in [0.25, 0.3) is 0 Å². The number of nitrogens with two attached hydrogens (primary N) is 1. The van der Waals surface area contributed by atoms with Gasteiger partial charge in [-0.3, -0.25) is 14.4 Å². The maximum Gasteiger partial charge on any atom is 1.00 e. The molecule has 0 aliphatic carbocycles. The Morgan fingerprint density at radius 3 is 1.52 bits per heavy atom. The second kappa shape index (κ2) is 11.8. The van der Waals surface area contributed by atoms with E-state index in [1.165, 1.54) is 0 Å². The Kier molecular flexibility index (Phi) is 14.1. The van der Waals surface area contributed by atoms with Crippen LogP contribution in [0.1, 0.15) is 12.8 Å². The van der Waals surface area contributed by atoms with E-state index in [-0.39, 0.29) is 35.3 Å². The van der Waals surface area contributed by atoms with Gasteiger partial charge in [0, 0.05) is 5.75 Å². The second-order valence-corrected chi connectivity index (χ2v) is 3.95. The van der Waals surface area contributed by atoms with E-state index in [0.29, 0.717) is 0 Å². The minimum absolute atomic E-state index is 0. The maximum atomic E-state index is 10.2. The Balaban J connectivity index is -0.000000347. The normalized spacial score (nSPS) is 11.2. The van der Waals surface area contributed by atoms with Gasteiger partial charge in [0.15, 0.2) is 0 Å². The van der Waals surface area contributed by atoms with Gasteiger partial charge in [-0.25, -0.2) is 0 Å². The first-order valence-electron chi connectivity index (χ1n) is 4.93. The molecule has 116 valence electrons. The van der Waals surface area contributed by atoms with E-state index in [0.717, 1.165) is 0 Å². The molecular formula is C9H14NNaO9S. The summed E-state index contributed by atoms with van der Waals surface area (Å²) in [7, 11) is 0. The zero-order valence-corrected chi connectivity index (χ0v) is 13.9. The van der Waals surface area contributed by atoms with Crippen LogP contribution in [0, 0.1) is 0 Å². The van der Waals surface area contributed by atoms with E-state index in [1.807, 2.05) is 0 Å². The third kappa shape index (κ3) is 12.6. The zero-order valence-electron chi connectivity index (χ0n) is 11.1. The molecule has 0 aliphatic rings. The molecule has 0 aromatic carbocycles. The number of thiol groups is 1. The summed E-state index contributed by atoms with van der Waals surface area (Å²) in [5, 5.41) is 43.6. The molecule has 0 heterocycles. The first-order valence-corrected chi connectivity index (χ1v) is 5.56. The summed E-state index contributed by atoms with van der Waals surface area (Å²) < 4.78 is 0. The van der Waals surface area contributed by atoms with Crippen molar-refractivity contribution in [2.45, 2.75) is 24.5 Å². The third-order valence-electron chi connectivity index (χ3n) is 1.78. The second-order valence-electron chi connectivity index (χ2n) is 3.59. The maximum absolute atomic E-state index is 10.2. The third-order valence-corrected chi connectivity index (χ3v) is 2.17. The van der Waals surface area contributed by atoms with Gasteiger partial charge >= 0.3 is 47.5 Å². The standard InChI is InChI=1S/C6H8O7.C3H7NO2S.Na/c7-3(8)1-6(13,5(11)12)2-4(9)10;4-2(1-7)3(5)6;/h13H,1-2H2,(H,7,8)(H,9,10)(H,11,12);2,7H,1,4H2,(H,5,6);/q;;+1/p-1. The van der Waals surface area contributed by atoms with E-state index in [4.69, 9.17) is 26.2 Å². The number of carbonyl (C=O) groups is 4. The van der Waals surface area contributed by atoms with Crippen LogP contribution in [0.5, 0.6) is 0 Å². The van der Waals surface area contributed by atoms with Crippen molar-refractivity contribution in [2.75, 3.05) is 5.75 Å². The number of carboxylic acids is 4. The number of hydrogen-bond acceptors (Lipinski definition) is 8. The first-order chi connectivity index (χ1) is 8.96. The summed E-state index contributed by atoms with van der Waals surface area (Å²) in [4.78, 5) is 40.1. The number of carbonyl (C=O) groups excluding carboxylic acids is 1. The Labute approximate surface area is 146 Å². The van der Waals surface area contributed by atoms with Crippen LogP contribution >= 0.6 is 12.6 Å². The van der Waals surface area contributed by atoms with E-state index >= 15 is 0 Å². The molecule has 6 N–H and O–H groups in total. The SMILES string of the molecule is NC(CS)C(=O)O.O=C(O)CC(O)(CC(=O)O)C(=O)[O-].[Na+]. The minimum atomic E-state index is -2.85. The molecule has 21 heavy (non-hydrogen) atoms. The molecule has 1 unspecified atom stereocenters. The fraction of sp³-hybridized carbons (Fsp3) is 0.556. The van der Waals surface area contributed by atoms with E-state index in [1.54, 1.807) is 0 Å². The molecule has 0 bridgehead atoms. The molecule has 10 nitrogen and oxygen atoms in total.